The van der Waals surface area contributed by atoms with Crippen LogP contribution in [-0.2, 0) is 22.5 Å². The fourth-order valence-corrected chi connectivity index (χ4v) is 3.70. The molecule has 5 nitrogen and oxygen atoms in total. The molecule has 34 heavy (non-hydrogen) atoms. The number of nitrogens with one attached hydrogen (secondary N) is 1. The molecule has 178 valence electrons. The highest BCUT2D eigenvalue weighted by atomic mass is 16.6. The summed E-state index contributed by atoms with van der Waals surface area (Å²) < 4.78 is 5.34. The van der Waals surface area contributed by atoms with Gasteiger partial charge in [0.2, 0.25) is 5.91 Å². The van der Waals surface area contributed by atoms with Crippen LogP contribution in [0.3, 0.4) is 0 Å². The Kier molecular flexibility index (Phi) is 8.47. The number of carbonyl (C=O) groups is 2. The van der Waals surface area contributed by atoms with Gasteiger partial charge in [-0.1, -0.05) is 66.7 Å². The smallest absolute Gasteiger partial charge is 0.407 e. The van der Waals surface area contributed by atoms with Crippen molar-refractivity contribution < 1.29 is 14.3 Å². The van der Waals surface area contributed by atoms with Crippen molar-refractivity contribution in [2.45, 2.75) is 52.2 Å². The Morgan fingerprint density at radius 3 is 2.21 bits per heavy atom. The summed E-state index contributed by atoms with van der Waals surface area (Å²) in [6, 6.07) is 26.1. The molecule has 0 aromatic heterocycles. The first-order valence-corrected chi connectivity index (χ1v) is 11.7. The van der Waals surface area contributed by atoms with Gasteiger partial charge in [-0.05, 0) is 68.0 Å². The van der Waals surface area contributed by atoms with Crippen LogP contribution in [0, 0.1) is 0 Å². The van der Waals surface area contributed by atoms with E-state index >= 15 is 0 Å². The van der Waals surface area contributed by atoms with Crippen LogP contribution < -0.4 is 10.2 Å². The van der Waals surface area contributed by atoms with Crippen LogP contribution in [0.2, 0.25) is 0 Å². The molecule has 0 fully saturated rings. The van der Waals surface area contributed by atoms with Gasteiger partial charge < -0.3 is 15.0 Å². The molecule has 3 aromatic rings. The number of aryl methyl sites for hydroxylation is 1. The topological polar surface area (TPSA) is 58.6 Å². The minimum atomic E-state index is -0.537. The maximum absolute atomic E-state index is 12.7. The third-order valence-electron chi connectivity index (χ3n) is 5.48. The third kappa shape index (κ3) is 7.48. The van der Waals surface area contributed by atoms with E-state index in [4.69, 9.17) is 4.74 Å². The molecule has 3 rings (SSSR count). The first kappa shape index (κ1) is 25.0. The van der Waals surface area contributed by atoms with Gasteiger partial charge in [0.15, 0.2) is 0 Å². The van der Waals surface area contributed by atoms with Crippen molar-refractivity contribution >= 4 is 17.7 Å². The van der Waals surface area contributed by atoms with E-state index in [1.165, 1.54) is 5.56 Å². The molecule has 0 saturated carbocycles. The Labute approximate surface area is 202 Å². The summed E-state index contributed by atoms with van der Waals surface area (Å²) >= 11 is 0. The molecule has 2 amide bonds. The fraction of sp³-hybridized carbons (Fsp3) is 0.310. The van der Waals surface area contributed by atoms with Gasteiger partial charge in [-0.2, -0.15) is 0 Å². The molecular formula is C29H34N2O3. The van der Waals surface area contributed by atoms with Gasteiger partial charge in [0.25, 0.3) is 0 Å². The zero-order valence-corrected chi connectivity index (χ0v) is 20.5. The normalized spacial score (nSPS) is 11.1. The fourth-order valence-electron chi connectivity index (χ4n) is 3.70. The molecule has 0 aliphatic rings. The second-order valence-electron chi connectivity index (χ2n) is 9.35. The third-order valence-corrected chi connectivity index (χ3v) is 5.48. The number of rotatable bonds is 8. The van der Waals surface area contributed by atoms with Crippen LogP contribution in [0.1, 0.15) is 44.7 Å². The van der Waals surface area contributed by atoms with E-state index in [1.54, 1.807) is 4.90 Å². The molecule has 0 spiro atoms. The molecule has 0 heterocycles. The summed E-state index contributed by atoms with van der Waals surface area (Å²) in [6.07, 6.45) is 1.79. The molecule has 3 aromatic carbocycles. The Morgan fingerprint density at radius 2 is 1.53 bits per heavy atom. The van der Waals surface area contributed by atoms with Crippen LogP contribution >= 0.6 is 0 Å². The predicted octanol–water partition coefficient (Wildman–Crippen LogP) is 6.36. The summed E-state index contributed by atoms with van der Waals surface area (Å²) in [5.74, 6) is 0.102. The van der Waals surface area contributed by atoms with Crippen molar-refractivity contribution in [3.05, 3.63) is 90.0 Å². The standard InChI is InChI=1S/C29H34N2O3/c1-29(2,3)34-28(33)30-21-24-14-8-9-15-26(24)23-17-19-25(20-18-23)31(4)27(32)16-10-13-22-11-6-5-7-12-22/h5-9,11-12,14-15,17-20H,10,13,16,21H2,1-4H3,(H,30,33). The molecule has 0 unspecified atom stereocenters. The Balaban J connectivity index is 1.60. The van der Waals surface area contributed by atoms with Crippen LogP contribution in [-0.4, -0.2) is 24.6 Å². The van der Waals surface area contributed by atoms with Gasteiger partial charge in [-0.15, -0.1) is 0 Å². The van der Waals surface area contributed by atoms with Gasteiger partial charge >= 0.3 is 6.09 Å². The molecule has 0 bridgehead atoms. The van der Waals surface area contributed by atoms with E-state index in [9.17, 15) is 9.59 Å². The monoisotopic (exact) mass is 458 g/mol. The lowest BCUT2D eigenvalue weighted by atomic mass is 9.99. The number of amides is 2. The van der Waals surface area contributed by atoms with E-state index in [1.807, 2.05) is 94.5 Å². The van der Waals surface area contributed by atoms with Gasteiger partial charge in [0, 0.05) is 25.7 Å². The maximum atomic E-state index is 12.7. The van der Waals surface area contributed by atoms with Crippen LogP contribution in [0.4, 0.5) is 10.5 Å². The van der Waals surface area contributed by atoms with Crippen molar-refractivity contribution in [2.24, 2.45) is 0 Å². The Morgan fingerprint density at radius 1 is 0.882 bits per heavy atom. The number of benzene rings is 3. The summed E-state index contributed by atoms with van der Waals surface area (Å²) in [4.78, 5) is 26.4. The van der Waals surface area contributed by atoms with Gasteiger partial charge in [-0.25, -0.2) is 4.79 Å². The summed E-state index contributed by atoms with van der Waals surface area (Å²) in [5, 5.41) is 2.83. The van der Waals surface area contributed by atoms with Crippen molar-refractivity contribution in [3.8, 4) is 11.1 Å². The number of carbonyl (C=O) groups excluding carboxylic acids is 2. The lowest BCUT2D eigenvalue weighted by molar-refractivity contribution is -0.118. The lowest BCUT2D eigenvalue weighted by Crippen LogP contribution is -2.32. The number of hydrogen-bond donors (Lipinski definition) is 1. The van der Waals surface area contributed by atoms with E-state index < -0.39 is 11.7 Å². The van der Waals surface area contributed by atoms with E-state index in [0.717, 1.165) is 35.2 Å². The quantitative estimate of drug-likeness (QED) is 0.427. The second-order valence-corrected chi connectivity index (χ2v) is 9.35. The Hall–Kier alpha value is -3.60. The molecule has 0 aliphatic carbocycles. The van der Waals surface area contributed by atoms with E-state index in [2.05, 4.69) is 17.4 Å². The minimum Gasteiger partial charge on any atom is -0.444 e. The van der Waals surface area contributed by atoms with E-state index in [0.29, 0.717) is 13.0 Å². The van der Waals surface area contributed by atoms with E-state index in [-0.39, 0.29) is 5.91 Å². The molecule has 0 aliphatic heterocycles. The number of anilines is 1. The number of nitrogens with zero attached hydrogens (tertiary/aromatic N) is 1. The Bertz CT molecular complexity index is 1090. The van der Waals surface area contributed by atoms with Gasteiger partial charge in [0.05, 0.1) is 0 Å². The lowest BCUT2D eigenvalue weighted by Gasteiger charge is -2.20. The first-order chi connectivity index (χ1) is 16.2. The second kappa shape index (κ2) is 11.5. The molecule has 0 saturated heterocycles. The number of ether oxygens (including phenoxy) is 1. The molecule has 0 radical (unpaired) electrons. The van der Waals surface area contributed by atoms with Gasteiger partial charge in [0.1, 0.15) is 5.60 Å². The summed E-state index contributed by atoms with van der Waals surface area (Å²) in [5.41, 5.74) is 4.62. The minimum absolute atomic E-state index is 0.102. The molecule has 1 N–H and O–H groups in total. The highest BCUT2D eigenvalue weighted by molar-refractivity contribution is 5.93. The molecule has 5 heteroatoms. The average molecular weight is 459 g/mol. The summed E-state index contributed by atoms with van der Waals surface area (Å²) in [6.45, 7) is 5.89. The van der Waals surface area contributed by atoms with Crippen LogP contribution in [0.15, 0.2) is 78.9 Å². The number of alkyl carbamates (subject to hydrolysis) is 1. The predicted molar refractivity (Wildman–Crippen MR) is 138 cm³/mol. The highest BCUT2D eigenvalue weighted by Gasteiger charge is 2.16. The zero-order valence-electron chi connectivity index (χ0n) is 20.5. The van der Waals surface area contributed by atoms with Crippen LogP contribution in [0.25, 0.3) is 11.1 Å². The van der Waals surface area contributed by atoms with Crippen molar-refractivity contribution in [2.75, 3.05) is 11.9 Å². The van der Waals surface area contributed by atoms with Crippen molar-refractivity contribution in [1.29, 1.82) is 0 Å². The van der Waals surface area contributed by atoms with Gasteiger partial charge in [-0.3, -0.25) is 4.79 Å². The van der Waals surface area contributed by atoms with Crippen molar-refractivity contribution in [3.63, 3.8) is 0 Å². The number of hydrogen-bond acceptors (Lipinski definition) is 3. The molecule has 0 atom stereocenters. The van der Waals surface area contributed by atoms with Crippen molar-refractivity contribution in [1.82, 2.24) is 5.32 Å². The maximum Gasteiger partial charge on any atom is 0.407 e. The molecular weight excluding hydrogens is 424 g/mol. The highest BCUT2D eigenvalue weighted by Crippen LogP contribution is 2.26. The largest absolute Gasteiger partial charge is 0.444 e. The zero-order chi connectivity index (χ0) is 24.6. The average Bonchev–Trinajstić information content (AvgIpc) is 2.82. The first-order valence-electron chi connectivity index (χ1n) is 11.7. The SMILES string of the molecule is CN(C(=O)CCCc1ccccc1)c1ccc(-c2ccccc2CNC(=O)OC(C)(C)C)cc1. The van der Waals surface area contributed by atoms with Crippen LogP contribution in [0.5, 0.6) is 0 Å². The summed E-state index contributed by atoms with van der Waals surface area (Å²) in [7, 11) is 1.82.